The second-order valence-corrected chi connectivity index (χ2v) is 6.64. The van der Waals surface area contributed by atoms with Gasteiger partial charge in [-0.1, -0.05) is 12.1 Å². The normalized spacial score (nSPS) is 13.6. The van der Waals surface area contributed by atoms with Crippen LogP contribution in [0.15, 0.2) is 42.5 Å². The number of amides is 1. The molecule has 0 atom stereocenters. The SMILES string of the molecule is COC(=O)c1ccc2c(c1)CCN2C(=O)Cn1c(C(F)(F)F)nc2ccccc21. The van der Waals surface area contributed by atoms with Crippen LogP contribution in [0.2, 0.25) is 0 Å². The molecule has 0 spiro atoms. The predicted molar refractivity (Wildman–Crippen MR) is 98.6 cm³/mol. The lowest BCUT2D eigenvalue weighted by Gasteiger charge is -2.19. The molecule has 1 amide bonds. The Morgan fingerprint density at radius 3 is 2.66 bits per heavy atom. The summed E-state index contributed by atoms with van der Waals surface area (Å²) < 4.78 is 46.0. The van der Waals surface area contributed by atoms with Crippen LogP contribution in [0.5, 0.6) is 0 Å². The first-order chi connectivity index (χ1) is 13.8. The van der Waals surface area contributed by atoms with E-state index in [9.17, 15) is 22.8 Å². The monoisotopic (exact) mass is 403 g/mol. The Balaban J connectivity index is 1.66. The Bertz CT molecular complexity index is 1120. The van der Waals surface area contributed by atoms with E-state index in [0.717, 1.165) is 10.1 Å². The van der Waals surface area contributed by atoms with Crippen LogP contribution >= 0.6 is 0 Å². The van der Waals surface area contributed by atoms with E-state index in [2.05, 4.69) is 4.98 Å². The number of para-hydroxylation sites is 2. The minimum absolute atomic E-state index is 0.178. The van der Waals surface area contributed by atoms with Crippen molar-refractivity contribution in [3.8, 4) is 0 Å². The van der Waals surface area contributed by atoms with Crippen molar-refractivity contribution < 1.29 is 27.5 Å². The summed E-state index contributed by atoms with van der Waals surface area (Å²) in [5.74, 6) is -2.08. The maximum Gasteiger partial charge on any atom is 0.449 e. The molecule has 0 aliphatic carbocycles. The molecule has 0 saturated heterocycles. The van der Waals surface area contributed by atoms with E-state index in [1.54, 1.807) is 24.3 Å². The van der Waals surface area contributed by atoms with E-state index in [4.69, 9.17) is 4.74 Å². The number of nitrogens with zero attached hydrogens (tertiary/aromatic N) is 3. The smallest absolute Gasteiger partial charge is 0.449 e. The van der Waals surface area contributed by atoms with Gasteiger partial charge in [-0.15, -0.1) is 0 Å². The quantitative estimate of drug-likeness (QED) is 0.629. The second-order valence-electron chi connectivity index (χ2n) is 6.64. The van der Waals surface area contributed by atoms with Gasteiger partial charge in [-0.25, -0.2) is 9.78 Å². The van der Waals surface area contributed by atoms with E-state index >= 15 is 0 Å². The minimum atomic E-state index is -4.68. The number of aromatic nitrogens is 2. The van der Waals surface area contributed by atoms with Crippen molar-refractivity contribution in [1.29, 1.82) is 0 Å². The van der Waals surface area contributed by atoms with Crippen molar-refractivity contribution in [3.63, 3.8) is 0 Å². The number of rotatable bonds is 3. The number of imidazole rings is 1. The van der Waals surface area contributed by atoms with Crippen LogP contribution < -0.4 is 4.90 Å². The van der Waals surface area contributed by atoms with Gasteiger partial charge in [-0.2, -0.15) is 13.2 Å². The van der Waals surface area contributed by atoms with Crippen LogP contribution in [-0.2, 0) is 28.7 Å². The number of hydrogen-bond donors (Lipinski definition) is 0. The molecule has 2 heterocycles. The molecule has 150 valence electrons. The predicted octanol–water partition coefficient (Wildman–Crippen LogP) is 3.43. The van der Waals surface area contributed by atoms with Crippen LogP contribution in [0.25, 0.3) is 11.0 Å². The van der Waals surface area contributed by atoms with Gasteiger partial charge in [0.2, 0.25) is 11.7 Å². The molecule has 0 saturated carbocycles. The van der Waals surface area contributed by atoms with Crippen LogP contribution in [0.4, 0.5) is 18.9 Å². The summed E-state index contributed by atoms with van der Waals surface area (Å²) in [6.45, 7) is -0.166. The summed E-state index contributed by atoms with van der Waals surface area (Å²) in [7, 11) is 1.28. The van der Waals surface area contributed by atoms with Gasteiger partial charge < -0.3 is 14.2 Å². The Kier molecular flexibility index (Phi) is 4.52. The number of carbonyl (C=O) groups is 2. The number of alkyl halides is 3. The summed E-state index contributed by atoms with van der Waals surface area (Å²) in [5.41, 5.74) is 2.14. The lowest BCUT2D eigenvalue weighted by molar-refractivity contribution is -0.147. The van der Waals surface area contributed by atoms with Crippen molar-refractivity contribution in [2.45, 2.75) is 19.1 Å². The molecule has 29 heavy (non-hydrogen) atoms. The largest absolute Gasteiger partial charge is 0.465 e. The molecule has 4 rings (SSSR count). The van der Waals surface area contributed by atoms with Crippen LogP contribution in [0.1, 0.15) is 21.7 Å². The molecule has 0 unspecified atom stereocenters. The zero-order chi connectivity index (χ0) is 20.8. The summed E-state index contributed by atoms with van der Waals surface area (Å²) in [4.78, 5) is 29.7. The summed E-state index contributed by atoms with van der Waals surface area (Å²) in [6, 6.07) is 11.0. The molecule has 9 heteroatoms. The molecule has 1 aliphatic rings. The maximum absolute atomic E-state index is 13.5. The summed E-state index contributed by atoms with van der Waals surface area (Å²) >= 11 is 0. The fourth-order valence-electron chi connectivity index (χ4n) is 3.58. The van der Waals surface area contributed by atoms with Gasteiger partial charge in [0.25, 0.3) is 0 Å². The van der Waals surface area contributed by atoms with Gasteiger partial charge in [0.15, 0.2) is 0 Å². The molecule has 2 aromatic carbocycles. The third-order valence-corrected chi connectivity index (χ3v) is 4.90. The van der Waals surface area contributed by atoms with Crippen LogP contribution in [0.3, 0.4) is 0 Å². The average Bonchev–Trinajstić information content (AvgIpc) is 3.28. The zero-order valence-electron chi connectivity index (χ0n) is 15.4. The number of halogens is 3. The maximum atomic E-state index is 13.5. The van der Waals surface area contributed by atoms with Crippen molar-refractivity contribution in [2.24, 2.45) is 0 Å². The topological polar surface area (TPSA) is 64.4 Å². The standard InChI is InChI=1S/C20H16F3N3O3/c1-29-18(28)13-6-7-15-12(10-13)8-9-25(15)17(27)11-26-16-5-3-2-4-14(16)24-19(26)20(21,22)23/h2-7,10H,8-9,11H2,1H3. The summed E-state index contributed by atoms with van der Waals surface area (Å²) in [5, 5.41) is 0. The number of anilines is 1. The van der Waals surface area contributed by atoms with Crippen molar-refractivity contribution in [1.82, 2.24) is 9.55 Å². The number of ether oxygens (including phenoxy) is 1. The number of carbonyl (C=O) groups excluding carboxylic acids is 2. The van der Waals surface area contributed by atoms with Gasteiger partial charge >= 0.3 is 12.1 Å². The average molecular weight is 403 g/mol. The molecular formula is C20H16F3N3O3. The van der Waals surface area contributed by atoms with Gasteiger partial charge in [0.05, 0.1) is 23.7 Å². The Hall–Kier alpha value is -3.36. The summed E-state index contributed by atoms with van der Waals surface area (Å²) in [6.07, 6.45) is -4.18. The first-order valence-corrected chi connectivity index (χ1v) is 8.83. The minimum Gasteiger partial charge on any atom is -0.465 e. The van der Waals surface area contributed by atoms with Gasteiger partial charge in [-0.05, 0) is 42.3 Å². The molecule has 6 nitrogen and oxygen atoms in total. The van der Waals surface area contributed by atoms with E-state index in [0.29, 0.717) is 24.2 Å². The van der Waals surface area contributed by atoms with Crippen LogP contribution in [0, 0.1) is 0 Å². The van der Waals surface area contributed by atoms with Crippen molar-refractivity contribution in [3.05, 3.63) is 59.4 Å². The molecule has 0 fully saturated rings. The van der Waals surface area contributed by atoms with Gasteiger partial charge in [0, 0.05) is 12.2 Å². The highest BCUT2D eigenvalue weighted by atomic mass is 19.4. The lowest BCUT2D eigenvalue weighted by Crippen LogP contribution is -2.33. The molecule has 0 bridgehead atoms. The Morgan fingerprint density at radius 1 is 1.17 bits per heavy atom. The van der Waals surface area contributed by atoms with E-state index in [1.807, 2.05) is 0 Å². The molecule has 0 radical (unpaired) electrons. The molecule has 0 N–H and O–H groups in total. The Labute approximate surface area is 163 Å². The fraction of sp³-hybridized carbons (Fsp3) is 0.250. The molecular weight excluding hydrogens is 387 g/mol. The number of esters is 1. The molecule has 3 aromatic rings. The second kappa shape index (κ2) is 6.91. The van der Waals surface area contributed by atoms with Crippen molar-refractivity contribution in [2.75, 3.05) is 18.6 Å². The highest BCUT2D eigenvalue weighted by Crippen LogP contribution is 2.33. The first-order valence-electron chi connectivity index (χ1n) is 8.83. The van der Waals surface area contributed by atoms with E-state index in [1.165, 1.54) is 30.2 Å². The third-order valence-electron chi connectivity index (χ3n) is 4.90. The van der Waals surface area contributed by atoms with E-state index in [-0.39, 0.29) is 11.0 Å². The number of benzene rings is 2. The van der Waals surface area contributed by atoms with Crippen molar-refractivity contribution >= 4 is 28.6 Å². The molecule has 1 aromatic heterocycles. The number of fused-ring (bicyclic) bond motifs is 2. The Morgan fingerprint density at radius 2 is 1.93 bits per heavy atom. The van der Waals surface area contributed by atoms with Gasteiger partial charge in [0.1, 0.15) is 6.54 Å². The fourth-order valence-corrected chi connectivity index (χ4v) is 3.58. The molecule has 1 aliphatic heterocycles. The number of hydrogen-bond acceptors (Lipinski definition) is 4. The van der Waals surface area contributed by atoms with Gasteiger partial charge in [-0.3, -0.25) is 4.79 Å². The lowest BCUT2D eigenvalue weighted by atomic mass is 10.1. The zero-order valence-corrected chi connectivity index (χ0v) is 15.4. The number of methoxy groups -OCH3 is 1. The van der Waals surface area contributed by atoms with Crippen LogP contribution in [-0.4, -0.2) is 35.1 Å². The highest BCUT2D eigenvalue weighted by molar-refractivity contribution is 5.97. The first kappa shape index (κ1) is 19.0. The third kappa shape index (κ3) is 3.32. The highest BCUT2D eigenvalue weighted by Gasteiger charge is 2.38. The van der Waals surface area contributed by atoms with E-state index < -0.39 is 30.4 Å².